The largest absolute Gasteiger partial charge is 0.383 e. The molecular weight excluding hydrogens is 204 g/mol. The summed E-state index contributed by atoms with van der Waals surface area (Å²) >= 11 is 0. The summed E-state index contributed by atoms with van der Waals surface area (Å²) in [6.07, 6.45) is 0. The number of anilines is 2. The van der Waals surface area contributed by atoms with Gasteiger partial charge in [-0.25, -0.2) is 4.68 Å². The molecule has 6 nitrogen and oxygen atoms in total. The third kappa shape index (κ3) is 2.44. The highest BCUT2D eigenvalue weighted by molar-refractivity contribution is 5.64. The zero-order valence-corrected chi connectivity index (χ0v) is 10.2. The highest BCUT2D eigenvalue weighted by atomic mass is 15.4. The van der Waals surface area contributed by atoms with E-state index in [1.165, 1.54) is 0 Å². The molecule has 1 aromatic heterocycles. The molecule has 0 atom stereocenters. The van der Waals surface area contributed by atoms with Crippen molar-refractivity contribution in [3.63, 3.8) is 0 Å². The zero-order chi connectivity index (χ0) is 12.3. The standard InChI is InChI=1S/C10H18N6/c1-14(2)5-6-16-9(12)8(7-11)10(13-16)15(3)4/h5-6,12H2,1-4H3. The van der Waals surface area contributed by atoms with Crippen LogP contribution < -0.4 is 10.6 Å². The third-order valence-corrected chi connectivity index (χ3v) is 2.27. The molecule has 1 heterocycles. The summed E-state index contributed by atoms with van der Waals surface area (Å²) < 4.78 is 1.67. The summed E-state index contributed by atoms with van der Waals surface area (Å²) in [5.41, 5.74) is 6.32. The zero-order valence-electron chi connectivity index (χ0n) is 10.2. The maximum absolute atomic E-state index is 9.02. The minimum absolute atomic E-state index is 0.438. The molecule has 0 fully saturated rings. The highest BCUT2D eigenvalue weighted by Gasteiger charge is 2.16. The van der Waals surface area contributed by atoms with Gasteiger partial charge >= 0.3 is 0 Å². The van der Waals surface area contributed by atoms with Crippen LogP contribution in [-0.4, -0.2) is 49.4 Å². The molecular formula is C10H18N6. The van der Waals surface area contributed by atoms with Crippen molar-refractivity contribution in [2.24, 2.45) is 0 Å². The fraction of sp³-hybridized carbons (Fsp3) is 0.600. The molecule has 1 rings (SSSR count). The number of nitrogens with zero attached hydrogens (tertiary/aromatic N) is 5. The lowest BCUT2D eigenvalue weighted by Crippen LogP contribution is -2.20. The first kappa shape index (κ1) is 12.3. The van der Waals surface area contributed by atoms with E-state index in [2.05, 4.69) is 11.2 Å². The Hall–Kier alpha value is -1.74. The molecule has 0 spiro atoms. The number of nitriles is 1. The normalized spacial score (nSPS) is 10.5. The predicted octanol–water partition coefficient (Wildman–Crippen LogP) is -0.0354. The fourth-order valence-electron chi connectivity index (χ4n) is 1.35. The second-order valence-corrected chi connectivity index (χ2v) is 4.12. The van der Waals surface area contributed by atoms with Crippen molar-refractivity contribution in [1.82, 2.24) is 14.7 Å². The van der Waals surface area contributed by atoms with Crippen molar-refractivity contribution in [3.8, 4) is 6.07 Å². The van der Waals surface area contributed by atoms with Crippen LogP contribution in [0, 0.1) is 11.3 Å². The van der Waals surface area contributed by atoms with E-state index in [1.807, 2.05) is 33.1 Å². The first-order valence-corrected chi connectivity index (χ1v) is 5.05. The summed E-state index contributed by atoms with van der Waals surface area (Å²) in [5, 5.41) is 13.3. The van der Waals surface area contributed by atoms with E-state index in [0.29, 0.717) is 23.7 Å². The Morgan fingerprint density at radius 1 is 1.38 bits per heavy atom. The van der Waals surface area contributed by atoms with Gasteiger partial charge in [-0.15, -0.1) is 0 Å². The summed E-state index contributed by atoms with van der Waals surface area (Å²) in [6.45, 7) is 1.52. The molecule has 88 valence electrons. The van der Waals surface area contributed by atoms with Crippen LogP contribution in [0.5, 0.6) is 0 Å². The van der Waals surface area contributed by atoms with E-state index in [-0.39, 0.29) is 0 Å². The Kier molecular flexibility index (Phi) is 3.74. The number of nitrogen functional groups attached to an aromatic ring is 1. The van der Waals surface area contributed by atoms with Gasteiger partial charge in [-0.1, -0.05) is 0 Å². The number of nitrogens with two attached hydrogens (primary N) is 1. The van der Waals surface area contributed by atoms with Gasteiger partial charge < -0.3 is 15.5 Å². The van der Waals surface area contributed by atoms with E-state index in [4.69, 9.17) is 11.0 Å². The van der Waals surface area contributed by atoms with Gasteiger partial charge in [0.05, 0.1) is 6.54 Å². The van der Waals surface area contributed by atoms with E-state index < -0.39 is 0 Å². The molecule has 0 aliphatic carbocycles. The van der Waals surface area contributed by atoms with Crippen molar-refractivity contribution in [1.29, 1.82) is 5.26 Å². The molecule has 0 radical (unpaired) electrons. The van der Waals surface area contributed by atoms with E-state index in [0.717, 1.165) is 6.54 Å². The van der Waals surface area contributed by atoms with Crippen molar-refractivity contribution in [3.05, 3.63) is 5.56 Å². The maximum Gasteiger partial charge on any atom is 0.170 e. The van der Waals surface area contributed by atoms with Gasteiger partial charge in [0.15, 0.2) is 5.82 Å². The lowest BCUT2D eigenvalue weighted by molar-refractivity contribution is 0.375. The van der Waals surface area contributed by atoms with Crippen LogP contribution in [0.1, 0.15) is 5.56 Å². The van der Waals surface area contributed by atoms with E-state index in [1.54, 1.807) is 9.58 Å². The van der Waals surface area contributed by atoms with Gasteiger partial charge in [-0.05, 0) is 14.1 Å². The average Bonchev–Trinajstić information content (AvgIpc) is 2.52. The van der Waals surface area contributed by atoms with Gasteiger partial charge in [0, 0.05) is 20.6 Å². The minimum atomic E-state index is 0.438. The molecule has 0 saturated heterocycles. The van der Waals surface area contributed by atoms with Crippen LogP contribution in [0.3, 0.4) is 0 Å². The molecule has 0 amide bonds. The molecule has 0 saturated carbocycles. The van der Waals surface area contributed by atoms with Gasteiger partial charge in [-0.3, -0.25) is 0 Å². The van der Waals surface area contributed by atoms with Crippen LogP contribution in [0.15, 0.2) is 0 Å². The van der Waals surface area contributed by atoms with Crippen molar-refractivity contribution < 1.29 is 0 Å². The molecule has 0 bridgehead atoms. The number of rotatable bonds is 4. The van der Waals surface area contributed by atoms with Gasteiger partial charge in [0.25, 0.3) is 0 Å². The number of aromatic nitrogens is 2. The molecule has 6 heteroatoms. The topological polar surface area (TPSA) is 74.1 Å². The molecule has 0 unspecified atom stereocenters. The highest BCUT2D eigenvalue weighted by Crippen LogP contribution is 2.22. The van der Waals surface area contributed by atoms with Crippen LogP contribution in [0.4, 0.5) is 11.6 Å². The molecule has 2 N–H and O–H groups in total. The molecule has 0 aliphatic rings. The Bertz CT molecular complexity index is 398. The Labute approximate surface area is 95.8 Å². The quantitative estimate of drug-likeness (QED) is 0.774. The van der Waals surface area contributed by atoms with Crippen LogP contribution in [0.2, 0.25) is 0 Å². The summed E-state index contributed by atoms with van der Waals surface area (Å²) in [4.78, 5) is 3.84. The summed E-state index contributed by atoms with van der Waals surface area (Å²) in [6, 6.07) is 2.09. The van der Waals surface area contributed by atoms with Gasteiger partial charge in [0.1, 0.15) is 17.5 Å². The third-order valence-electron chi connectivity index (χ3n) is 2.27. The Morgan fingerprint density at radius 3 is 2.38 bits per heavy atom. The Balaban J connectivity index is 3.00. The smallest absolute Gasteiger partial charge is 0.170 e. The average molecular weight is 222 g/mol. The van der Waals surface area contributed by atoms with Crippen LogP contribution in [0.25, 0.3) is 0 Å². The summed E-state index contributed by atoms with van der Waals surface area (Å²) in [7, 11) is 7.66. The molecule has 0 aliphatic heterocycles. The molecule has 1 aromatic rings. The van der Waals surface area contributed by atoms with Gasteiger partial charge in [-0.2, -0.15) is 10.4 Å². The SMILES string of the molecule is CN(C)CCn1nc(N(C)C)c(C#N)c1N. The summed E-state index contributed by atoms with van der Waals surface area (Å²) in [5.74, 6) is 1.06. The number of hydrogen-bond donors (Lipinski definition) is 1. The molecule has 16 heavy (non-hydrogen) atoms. The number of hydrogen-bond acceptors (Lipinski definition) is 5. The van der Waals surface area contributed by atoms with Crippen molar-refractivity contribution >= 4 is 11.6 Å². The fourth-order valence-corrected chi connectivity index (χ4v) is 1.35. The van der Waals surface area contributed by atoms with Crippen LogP contribution >= 0.6 is 0 Å². The number of likely N-dealkylation sites (N-methyl/N-ethyl adjacent to an activating group) is 1. The maximum atomic E-state index is 9.02. The minimum Gasteiger partial charge on any atom is -0.383 e. The lowest BCUT2D eigenvalue weighted by atomic mass is 10.3. The monoisotopic (exact) mass is 222 g/mol. The van der Waals surface area contributed by atoms with Crippen molar-refractivity contribution in [2.45, 2.75) is 6.54 Å². The first-order chi connectivity index (χ1) is 7.47. The lowest BCUT2D eigenvalue weighted by Gasteiger charge is -2.10. The van der Waals surface area contributed by atoms with Gasteiger partial charge in [0.2, 0.25) is 0 Å². The molecule has 0 aromatic carbocycles. The Morgan fingerprint density at radius 2 is 2.00 bits per heavy atom. The van der Waals surface area contributed by atoms with Crippen LogP contribution in [-0.2, 0) is 6.54 Å². The van der Waals surface area contributed by atoms with Crippen molar-refractivity contribution in [2.75, 3.05) is 45.4 Å². The first-order valence-electron chi connectivity index (χ1n) is 5.05. The predicted molar refractivity (Wildman–Crippen MR) is 64.2 cm³/mol. The van der Waals surface area contributed by atoms with E-state index >= 15 is 0 Å². The van der Waals surface area contributed by atoms with E-state index in [9.17, 15) is 0 Å². The second kappa shape index (κ2) is 4.86. The second-order valence-electron chi connectivity index (χ2n) is 4.12.